The molecule has 0 saturated carbocycles. The molecule has 1 aliphatic rings. The Kier molecular flexibility index (Phi) is 6.08. The van der Waals surface area contributed by atoms with Crippen LogP contribution >= 0.6 is 11.8 Å². The SMILES string of the molecule is O=C(Nc1ccc2c(c1)N(Cc1ccccc1)C(=O)CS2)Nc1c[nH]c2ccc(-c3cccnc3)cc12. The van der Waals surface area contributed by atoms with E-state index in [2.05, 4.69) is 20.6 Å². The Bertz CT molecular complexity index is 1600. The van der Waals surface area contributed by atoms with E-state index in [9.17, 15) is 9.59 Å². The number of aromatic amines is 1. The lowest BCUT2D eigenvalue weighted by molar-refractivity contribution is -0.116. The van der Waals surface area contributed by atoms with Crippen molar-refractivity contribution in [2.75, 3.05) is 21.3 Å². The number of amides is 3. The number of benzene rings is 3. The highest BCUT2D eigenvalue weighted by Crippen LogP contribution is 2.38. The molecule has 7 nitrogen and oxygen atoms in total. The highest BCUT2D eigenvalue weighted by Gasteiger charge is 2.25. The predicted molar refractivity (Wildman–Crippen MR) is 149 cm³/mol. The smallest absolute Gasteiger partial charge is 0.323 e. The van der Waals surface area contributed by atoms with Crippen LogP contribution in [0.3, 0.4) is 0 Å². The van der Waals surface area contributed by atoms with Crippen molar-refractivity contribution >= 4 is 51.7 Å². The third kappa shape index (κ3) is 4.79. The van der Waals surface area contributed by atoms with Crippen molar-refractivity contribution in [3.8, 4) is 11.1 Å². The molecule has 3 aromatic carbocycles. The summed E-state index contributed by atoms with van der Waals surface area (Å²) in [5, 5.41) is 6.77. The van der Waals surface area contributed by atoms with Gasteiger partial charge in [-0.1, -0.05) is 42.5 Å². The highest BCUT2D eigenvalue weighted by atomic mass is 32.2. The van der Waals surface area contributed by atoms with E-state index in [1.54, 1.807) is 17.3 Å². The molecular weight excluding hydrogens is 482 g/mol. The van der Waals surface area contributed by atoms with Gasteiger partial charge in [-0.3, -0.25) is 9.78 Å². The first-order valence-corrected chi connectivity index (χ1v) is 12.8. The summed E-state index contributed by atoms with van der Waals surface area (Å²) in [4.78, 5) is 35.9. The monoisotopic (exact) mass is 505 g/mol. The quantitative estimate of drug-likeness (QED) is 0.254. The average molecular weight is 506 g/mol. The largest absolute Gasteiger partial charge is 0.359 e. The molecule has 8 heteroatoms. The zero-order valence-electron chi connectivity index (χ0n) is 19.8. The van der Waals surface area contributed by atoms with Gasteiger partial charge in [-0.25, -0.2) is 4.79 Å². The standard InChI is InChI=1S/C29H23N5O2S/c35-28-18-37-27-11-9-22(14-26(27)34(28)17-19-5-2-1-3-6-19)32-29(36)33-25-16-31-24-10-8-20(13-23(24)25)21-7-4-12-30-15-21/h1-16,31H,17-18H2,(H2,32,33,36). The number of thioether (sulfide) groups is 1. The number of hydrogen-bond acceptors (Lipinski definition) is 4. The van der Waals surface area contributed by atoms with Crippen LogP contribution in [0.15, 0.2) is 102 Å². The molecule has 0 saturated heterocycles. The molecule has 3 N–H and O–H groups in total. The lowest BCUT2D eigenvalue weighted by Gasteiger charge is -2.29. The third-order valence-electron chi connectivity index (χ3n) is 6.27. The molecule has 3 amide bonds. The van der Waals surface area contributed by atoms with Crippen molar-refractivity contribution in [3.05, 3.63) is 103 Å². The van der Waals surface area contributed by atoms with Crippen LogP contribution in [0.25, 0.3) is 22.0 Å². The number of hydrogen-bond donors (Lipinski definition) is 3. The summed E-state index contributed by atoms with van der Waals surface area (Å²) in [5.74, 6) is 0.445. The Balaban J connectivity index is 1.22. The van der Waals surface area contributed by atoms with E-state index in [1.807, 2.05) is 85.1 Å². The predicted octanol–water partition coefficient (Wildman–Crippen LogP) is 6.51. The second kappa shape index (κ2) is 9.83. The van der Waals surface area contributed by atoms with E-state index in [-0.39, 0.29) is 11.9 Å². The molecule has 0 fully saturated rings. The van der Waals surface area contributed by atoms with Crippen molar-refractivity contribution in [3.63, 3.8) is 0 Å². The maximum Gasteiger partial charge on any atom is 0.323 e. The fraction of sp³-hybridized carbons (Fsp3) is 0.0690. The third-order valence-corrected chi connectivity index (χ3v) is 7.32. The summed E-state index contributed by atoms with van der Waals surface area (Å²) in [5.41, 5.74) is 6.07. The molecule has 1 aliphatic heterocycles. The Morgan fingerprint density at radius 2 is 1.86 bits per heavy atom. The fourth-order valence-corrected chi connectivity index (χ4v) is 5.36. The first kappa shape index (κ1) is 22.9. The Labute approximate surface area is 217 Å². The highest BCUT2D eigenvalue weighted by molar-refractivity contribution is 8.00. The molecule has 6 rings (SSSR count). The molecule has 0 spiro atoms. The number of pyridine rings is 1. The number of nitrogens with one attached hydrogen (secondary N) is 3. The van der Waals surface area contributed by atoms with Crippen LogP contribution in [0.5, 0.6) is 0 Å². The molecule has 37 heavy (non-hydrogen) atoms. The number of rotatable bonds is 5. The zero-order valence-corrected chi connectivity index (χ0v) is 20.6. The molecule has 0 radical (unpaired) electrons. The average Bonchev–Trinajstić information content (AvgIpc) is 3.33. The molecular formula is C29H23N5O2S. The van der Waals surface area contributed by atoms with Gasteiger partial charge >= 0.3 is 6.03 Å². The minimum atomic E-state index is -0.364. The van der Waals surface area contributed by atoms with Gasteiger partial charge in [0.1, 0.15) is 0 Å². The first-order chi connectivity index (χ1) is 18.1. The molecule has 182 valence electrons. The van der Waals surface area contributed by atoms with Gasteiger partial charge in [0.25, 0.3) is 0 Å². The van der Waals surface area contributed by atoms with Crippen molar-refractivity contribution in [1.82, 2.24) is 9.97 Å². The van der Waals surface area contributed by atoms with Crippen LogP contribution in [0.2, 0.25) is 0 Å². The Morgan fingerprint density at radius 3 is 2.70 bits per heavy atom. The van der Waals surface area contributed by atoms with Gasteiger partial charge in [0.15, 0.2) is 0 Å². The van der Waals surface area contributed by atoms with E-state index in [1.165, 1.54) is 11.8 Å². The summed E-state index contributed by atoms with van der Waals surface area (Å²) >= 11 is 1.52. The van der Waals surface area contributed by atoms with Crippen molar-refractivity contribution in [2.45, 2.75) is 11.4 Å². The summed E-state index contributed by atoms with van der Waals surface area (Å²) in [6.45, 7) is 0.484. The number of H-pyrrole nitrogens is 1. The van der Waals surface area contributed by atoms with Crippen LogP contribution in [0.1, 0.15) is 5.56 Å². The van der Waals surface area contributed by atoms with Crippen LogP contribution in [-0.4, -0.2) is 27.7 Å². The normalized spacial score (nSPS) is 12.9. The van der Waals surface area contributed by atoms with Gasteiger partial charge in [0.2, 0.25) is 5.91 Å². The zero-order chi connectivity index (χ0) is 25.2. The molecule has 5 aromatic rings. The van der Waals surface area contributed by atoms with E-state index >= 15 is 0 Å². The van der Waals surface area contributed by atoms with Gasteiger partial charge in [-0.15, -0.1) is 11.8 Å². The number of nitrogens with zero attached hydrogens (tertiary/aromatic N) is 2. The number of carbonyl (C=O) groups excluding carboxylic acids is 2. The maximum absolute atomic E-state index is 13.0. The van der Waals surface area contributed by atoms with Crippen LogP contribution < -0.4 is 15.5 Å². The van der Waals surface area contributed by atoms with E-state index in [0.717, 1.165) is 38.2 Å². The van der Waals surface area contributed by atoms with Gasteiger partial charge in [-0.2, -0.15) is 0 Å². The second-order valence-electron chi connectivity index (χ2n) is 8.72. The maximum atomic E-state index is 13.0. The van der Waals surface area contributed by atoms with Crippen molar-refractivity contribution in [2.24, 2.45) is 0 Å². The van der Waals surface area contributed by atoms with E-state index < -0.39 is 0 Å². The molecule has 3 heterocycles. The minimum absolute atomic E-state index is 0.0474. The number of aromatic nitrogens is 2. The number of fused-ring (bicyclic) bond motifs is 2. The Hall–Kier alpha value is -4.56. The van der Waals surface area contributed by atoms with Crippen LogP contribution in [0, 0.1) is 0 Å². The van der Waals surface area contributed by atoms with Gasteiger partial charge in [0, 0.05) is 45.6 Å². The summed E-state index contributed by atoms with van der Waals surface area (Å²) in [6.07, 6.45) is 5.33. The summed E-state index contributed by atoms with van der Waals surface area (Å²) in [7, 11) is 0. The molecule has 0 unspecified atom stereocenters. The van der Waals surface area contributed by atoms with Gasteiger partial charge < -0.3 is 20.5 Å². The van der Waals surface area contributed by atoms with E-state index in [4.69, 9.17) is 0 Å². The minimum Gasteiger partial charge on any atom is -0.359 e. The lowest BCUT2D eigenvalue weighted by atomic mass is 10.1. The van der Waals surface area contributed by atoms with Gasteiger partial charge in [0.05, 0.1) is 23.7 Å². The Morgan fingerprint density at radius 1 is 0.973 bits per heavy atom. The van der Waals surface area contributed by atoms with Crippen molar-refractivity contribution < 1.29 is 9.59 Å². The lowest BCUT2D eigenvalue weighted by Crippen LogP contribution is -2.34. The number of urea groups is 1. The fourth-order valence-electron chi connectivity index (χ4n) is 4.44. The van der Waals surface area contributed by atoms with Crippen molar-refractivity contribution in [1.29, 1.82) is 0 Å². The number of anilines is 3. The van der Waals surface area contributed by atoms with E-state index in [0.29, 0.717) is 23.7 Å². The topological polar surface area (TPSA) is 90.1 Å². The summed E-state index contributed by atoms with van der Waals surface area (Å²) < 4.78 is 0. The molecule has 0 bridgehead atoms. The summed E-state index contributed by atoms with van der Waals surface area (Å²) in [6, 6.07) is 25.1. The molecule has 0 atom stereocenters. The first-order valence-electron chi connectivity index (χ1n) is 11.8. The van der Waals surface area contributed by atoms with Crippen LogP contribution in [-0.2, 0) is 11.3 Å². The molecule has 0 aliphatic carbocycles. The second-order valence-corrected chi connectivity index (χ2v) is 9.74. The van der Waals surface area contributed by atoms with Gasteiger partial charge in [-0.05, 0) is 47.5 Å². The number of carbonyl (C=O) groups is 2. The van der Waals surface area contributed by atoms with Crippen LogP contribution in [0.4, 0.5) is 21.9 Å². The molecule has 2 aromatic heterocycles.